The Balaban J connectivity index is 3.35. The number of aliphatic hydroxyl groups excluding tert-OH is 1. The highest BCUT2D eigenvalue weighted by Gasteiger charge is 2.09. The molecular weight excluding hydrogens is 164 g/mol. The fourth-order valence-electron chi connectivity index (χ4n) is 0.589. The third-order valence-electron chi connectivity index (χ3n) is 1.14. The fourth-order valence-corrected chi connectivity index (χ4v) is 1.21. The molecule has 1 N–H and O–H groups in total. The van der Waals surface area contributed by atoms with Crippen molar-refractivity contribution in [1.82, 2.24) is 0 Å². The van der Waals surface area contributed by atoms with Crippen LogP contribution >= 0.6 is 11.8 Å². The van der Waals surface area contributed by atoms with E-state index in [9.17, 15) is 4.79 Å². The zero-order chi connectivity index (χ0) is 8.69. The van der Waals surface area contributed by atoms with Crippen LogP contribution in [0.25, 0.3) is 0 Å². The molecule has 0 aromatic carbocycles. The number of methoxy groups -OCH3 is 1. The van der Waals surface area contributed by atoms with Crippen LogP contribution in [0, 0.1) is 0 Å². The molecule has 11 heavy (non-hydrogen) atoms. The van der Waals surface area contributed by atoms with E-state index in [0.717, 1.165) is 5.75 Å². The Kier molecular flexibility index (Phi) is 6.36. The third kappa shape index (κ3) is 6.19. The van der Waals surface area contributed by atoms with Crippen LogP contribution in [-0.4, -0.2) is 35.8 Å². The second-order valence-corrected chi connectivity index (χ2v) is 3.41. The summed E-state index contributed by atoms with van der Waals surface area (Å²) < 4.78 is 4.39. The number of ether oxygens (including phenoxy) is 1. The SMILES string of the molecule is CCSC[C@@H](O)CC(=O)OC. The van der Waals surface area contributed by atoms with Gasteiger partial charge in [-0.1, -0.05) is 6.92 Å². The molecule has 66 valence electrons. The fraction of sp³-hybridized carbons (Fsp3) is 0.857. The van der Waals surface area contributed by atoms with Gasteiger partial charge in [0, 0.05) is 5.75 Å². The van der Waals surface area contributed by atoms with Gasteiger partial charge in [-0.25, -0.2) is 0 Å². The summed E-state index contributed by atoms with van der Waals surface area (Å²) in [5.74, 6) is 1.21. The number of thioether (sulfide) groups is 1. The molecule has 0 aliphatic rings. The number of aliphatic hydroxyl groups is 1. The molecule has 1 atom stereocenters. The van der Waals surface area contributed by atoms with Crippen molar-refractivity contribution in [3.05, 3.63) is 0 Å². The number of carbonyl (C=O) groups excluding carboxylic acids is 1. The molecule has 0 heterocycles. The normalized spacial score (nSPS) is 12.6. The lowest BCUT2D eigenvalue weighted by molar-refractivity contribution is -0.142. The van der Waals surface area contributed by atoms with Gasteiger partial charge in [0.2, 0.25) is 0 Å². The van der Waals surface area contributed by atoms with Crippen LogP contribution in [-0.2, 0) is 9.53 Å². The first-order valence-electron chi connectivity index (χ1n) is 3.53. The van der Waals surface area contributed by atoms with E-state index >= 15 is 0 Å². The molecule has 0 aliphatic carbocycles. The first-order valence-corrected chi connectivity index (χ1v) is 4.68. The van der Waals surface area contributed by atoms with Gasteiger partial charge < -0.3 is 9.84 Å². The van der Waals surface area contributed by atoms with E-state index in [4.69, 9.17) is 5.11 Å². The second kappa shape index (κ2) is 6.49. The predicted octanol–water partition coefficient (Wildman–Crippen LogP) is 0.663. The van der Waals surface area contributed by atoms with E-state index in [2.05, 4.69) is 4.74 Å². The predicted molar refractivity (Wildman–Crippen MR) is 45.6 cm³/mol. The molecule has 0 unspecified atom stereocenters. The second-order valence-electron chi connectivity index (χ2n) is 2.09. The summed E-state index contributed by atoms with van der Waals surface area (Å²) >= 11 is 1.61. The van der Waals surface area contributed by atoms with E-state index in [-0.39, 0.29) is 12.4 Å². The van der Waals surface area contributed by atoms with Gasteiger partial charge in [-0.15, -0.1) is 0 Å². The average Bonchev–Trinajstić information content (AvgIpc) is 2.00. The minimum Gasteiger partial charge on any atom is -0.469 e. The molecule has 0 bridgehead atoms. The standard InChI is InChI=1S/C7H14O3S/c1-3-11-5-6(8)4-7(9)10-2/h6,8H,3-5H2,1-2H3/t6-/m0/s1. The Morgan fingerprint density at radius 2 is 2.36 bits per heavy atom. The molecule has 0 amide bonds. The maximum atomic E-state index is 10.6. The van der Waals surface area contributed by atoms with Crippen LogP contribution in [0.1, 0.15) is 13.3 Å². The van der Waals surface area contributed by atoms with Gasteiger partial charge >= 0.3 is 5.97 Å². The quantitative estimate of drug-likeness (QED) is 0.628. The average molecular weight is 178 g/mol. The van der Waals surface area contributed by atoms with E-state index in [1.54, 1.807) is 11.8 Å². The summed E-state index contributed by atoms with van der Waals surface area (Å²) in [6, 6.07) is 0. The zero-order valence-corrected chi connectivity index (χ0v) is 7.69. The number of hydrogen-bond donors (Lipinski definition) is 1. The Bertz CT molecular complexity index is 116. The van der Waals surface area contributed by atoms with Gasteiger partial charge in [-0.05, 0) is 5.75 Å². The lowest BCUT2D eigenvalue weighted by atomic mass is 10.3. The van der Waals surface area contributed by atoms with Crippen LogP contribution in [0.5, 0.6) is 0 Å². The molecule has 0 rings (SSSR count). The van der Waals surface area contributed by atoms with Crippen molar-refractivity contribution >= 4 is 17.7 Å². The maximum absolute atomic E-state index is 10.6. The largest absolute Gasteiger partial charge is 0.469 e. The van der Waals surface area contributed by atoms with Gasteiger partial charge in [-0.2, -0.15) is 11.8 Å². The Morgan fingerprint density at radius 3 is 2.82 bits per heavy atom. The summed E-state index contributed by atoms with van der Waals surface area (Å²) in [4.78, 5) is 10.6. The van der Waals surface area contributed by atoms with Crippen LogP contribution in [0.2, 0.25) is 0 Å². The van der Waals surface area contributed by atoms with Crippen molar-refractivity contribution in [2.45, 2.75) is 19.4 Å². The maximum Gasteiger partial charge on any atom is 0.308 e. The van der Waals surface area contributed by atoms with Crippen molar-refractivity contribution in [3.8, 4) is 0 Å². The number of rotatable bonds is 5. The first-order chi connectivity index (χ1) is 5.20. The van der Waals surface area contributed by atoms with Crippen molar-refractivity contribution in [1.29, 1.82) is 0 Å². The highest BCUT2D eigenvalue weighted by molar-refractivity contribution is 7.99. The number of hydrogen-bond acceptors (Lipinski definition) is 4. The smallest absolute Gasteiger partial charge is 0.308 e. The first kappa shape index (κ1) is 10.8. The van der Waals surface area contributed by atoms with Gasteiger partial charge in [-0.3, -0.25) is 4.79 Å². The molecule has 0 radical (unpaired) electrons. The minimum absolute atomic E-state index is 0.101. The van der Waals surface area contributed by atoms with E-state index in [1.807, 2.05) is 6.92 Å². The summed E-state index contributed by atoms with van der Waals surface area (Å²) in [6.07, 6.45) is -0.462. The zero-order valence-electron chi connectivity index (χ0n) is 6.87. The molecule has 0 fully saturated rings. The lowest BCUT2D eigenvalue weighted by Crippen LogP contribution is -2.16. The molecule has 0 spiro atoms. The molecule has 0 aromatic heterocycles. The number of esters is 1. The molecule has 3 nitrogen and oxygen atoms in total. The van der Waals surface area contributed by atoms with Crippen molar-refractivity contribution in [2.75, 3.05) is 18.6 Å². The Hall–Kier alpha value is -0.220. The van der Waals surface area contributed by atoms with Gasteiger partial charge in [0.15, 0.2) is 0 Å². The lowest BCUT2D eigenvalue weighted by Gasteiger charge is -2.06. The van der Waals surface area contributed by atoms with E-state index in [1.165, 1.54) is 7.11 Å². The topological polar surface area (TPSA) is 46.5 Å². The van der Waals surface area contributed by atoms with E-state index in [0.29, 0.717) is 5.75 Å². The van der Waals surface area contributed by atoms with Crippen LogP contribution in [0.15, 0.2) is 0 Å². The molecule has 0 saturated heterocycles. The van der Waals surface area contributed by atoms with Crippen molar-refractivity contribution < 1.29 is 14.6 Å². The van der Waals surface area contributed by atoms with Crippen LogP contribution < -0.4 is 0 Å². The van der Waals surface area contributed by atoms with Crippen LogP contribution in [0.4, 0.5) is 0 Å². The molecule has 4 heteroatoms. The molecule has 0 aliphatic heterocycles. The van der Waals surface area contributed by atoms with E-state index < -0.39 is 6.10 Å². The van der Waals surface area contributed by atoms with Crippen molar-refractivity contribution in [3.63, 3.8) is 0 Å². The Morgan fingerprint density at radius 1 is 1.73 bits per heavy atom. The minimum atomic E-state index is -0.563. The molecule has 0 aromatic rings. The van der Waals surface area contributed by atoms with Gasteiger partial charge in [0.05, 0.1) is 19.6 Å². The summed E-state index contributed by atoms with van der Waals surface area (Å²) in [5.41, 5.74) is 0. The summed E-state index contributed by atoms with van der Waals surface area (Å²) in [7, 11) is 1.32. The monoisotopic (exact) mass is 178 g/mol. The molecule has 0 saturated carbocycles. The molecular formula is C7H14O3S. The summed E-state index contributed by atoms with van der Waals surface area (Å²) in [6.45, 7) is 2.01. The van der Waals surface area contributed by atoms with Crippen molar-refractivity contribution in [2.24, 2.45) is 0 Å². The number of carbonyl (C=O) groups is 1. The Labute approximate surface area is 71.1 Å². The van der Waals surface area contributed by atoms with Crippen LogP contribution in [0.3, 0.4) is 0 Å². The van der Waals surface area contributed by atoms with Gasteiger partial charge in [0.25, 0.3) is 0 Å². The van der Waals surface area contributed by atoms with Gasteiger partial charge in [0.1, 0.15) is 0 Å². The summed E-state index contributed by atoms with van der Waals surface area (Å²) in [5, 5.41) is 9.16. The highest BCUT2D eigenvalue weighted by Crippen LogP contribution is 2.04. The highest BCUT2D eigenvalue weighted by atomic mass is 32.2. The third-order valence-corrected chi connectivity index (χ3v) is 2.17.